The number of nitrogens with two attached hydrogens (primary N) is 1. The van der Waals surface area contributed by atoms with Crippen molar-refractivity contribution >= 4 is 27.7 Å². The molecular weight excluding hydrogens is 429 g/mol. The van der Waals surface area contributed by atoms with E-state index in [2.05, 4.69) is 31.2 Å². The van der Waals surface area contributed by atoms with Gasteiger partial charge >= 0.3 is 0 Å². The highest BCUT2D eigenvalue weighted by Gasteiger charge is 2.51. The van der Waals surface area contributed by atoms with Crippen LogP contribution in [0.4, 0.5) is 13.2 Å². The summed E-state index contributed by atoms with van der Waals surface area (Å²) in [5.41, 5.74) is 3.83. The number of pyridine rings is 1. The van der Waals surface area contributed by atoms with Gasteiger partial charge < -0.3 is 15.8 Å². The van der Waals surface area contributed by atoms with Crippen LogP contribution in [0, 0.1) is 5.92 Å². The molecule has 0 saturated heterocycles. The highest BCUT2D eigenvalue weighted by atomic mass is 79.9. The quantitative estimate of drug-likeness (QED) is 0.746. The van der Waals surface area contributed by atoms with Crippen molar-refractivity contribution in [3.05, 3.63) is 52.2 Å². The Morgan fingerprint density at radius 2 is 2.19 bits per heavy atom. The van der Waals surface area contributed by atoms with Crippen molar-refractivity contribution in [2.24, 2.45) is 16.6 Å². The third-order valence-corrected chi connectivity index (χ3v) is 4.82. The Morgan fingerprint density at radius 1 is 1.41 bits per heavy atom. The molecule has 1 aromatic rings. The van der Waals surface area contributed by atoms with Crippen LogP contribution in [0.3, 0.4) is 0 Å². The lowest BCUT2D eigenvalue weighted by molar-refractivity contribution is -0.0376. The van der Waals surface area contributed by atoms with Crippen LogP contribution in [0.2, 0.25) is 0 Å². The fourth-order valence-electron chi connectivity index (χ4n) is 3.00. The number of hydrogen-bond donors (Lipinski definition) is 2. The van der Waals surface area contributed by atoms with Crippen LogP contribution in [0.5, 0.6) is 0 Å². The molecule has 0 saturated carbocycles. The van der Waals surface area contributed by atoms with Gasteiger partial charge in [0.1, 0.15) is 24.0 Å². The topological polar surface area (TPSA) is 89.6 Å². The minimum atomic E-state index is -3.00. The lowest BCUT2D eigenvalue weighted by Crippen LogP contribution is -2.53. The van der Waals surface area contributed by atoms with Gasteiger partial charge in [-0.05, 0) is 46.6 Å². The summed E-state index contributed by atoms with van der Waals surface area (Å²) in [5, 5.41) is 2.58. The Kier molecular flexibility index (Phi) is 5.66. The molecule has 0 aromatic carbocycles. The number of allylic oxidation sites excluding steroid dienone is 3. The molecule has 144 valence electrons. The van der Waals surface area contributed by atoms with Crippen LogP contribution in [0.1, 0.15) is 16.9 Å². The number of amides is 1. The average Bonchev–Trinajstić information content (AvgIpc) is 2.63. The monoisotopic (exact) mass is 444 g/mol. The highest BCUT2D eigenvalue weighted by Crippen LogP contribution is 2.42. The molecule has 0 spiro atoms. The Morgan fingerprint density at radius 3 is 2.81 bits per heavy atom. The van der Waals surface area contributed by atoms with Gasteiger partial charge in [-0.25, -0.2) is 18.2 Å². The SMILES string of the molecule is NC1=N[C@](C(F)F)(C2CC(NC(=O)c3ccc(Br)cn3)=CC=C2F)COC1. The number of hydrogen-bond acceptors (Lipinski definition) is 5. The number of rotatable bonds is 4. The zero-order valence-electron chi connectivity index (χ0n) is 14.0. The number of nitrogens with zero attached hydrogens (tertiary/aromatic N) is 2. The molecule has 1 aliphatic carbocycles. The van der Waals surface area contributed by atoms with Crippen molar-refractivity contribution < 1.29 is 22.7 Å². The van der Waals surface area contributed by atoms with Crippen molar-refractivity contribution in [1.29, 1.82) is 0 Å². The van der Waals surface area contributed by atoms with E-state index in [9.17, 15) is 18.0 Å². The van der Waals surface area contributed by atoms with E-state index in [1.165, 1.54) is 18.3 Å². The van der Waals surface area contributed by atoms with Crippen molar-refractivity contribution in [1.82, 2.24) is 10.3 Å². The fourth-order valence-corrected chi connectivity index (χ4v) is 3.24. The molecule has 2 atom stereocenters. The van der Waals surface area contributed by atoms with Gasteiger partial charge in [-0.15, -0.1) is 0 Å². The fraction of sp³-hybridized carbons (Fsp3) is 0.353. The number of carbonyl (C=O) groups excluding carboxylic acids is 1. The summed E-state index contributed by atoms with van der Waals surface area (Å²) in [4.78, 5) is 20.1. The van der Waals surface area contributed by atoms with Gasteiger partial charge in [0.25, 0.3) is 12.3 Å². The standard InChI is InChI=1S/C17H16BrF3N4O2/c18-9-1-4-13(23-6-9)15(26)24-10-2-3-12(19)11(5-10)17(16(20)21)8-27-7-14(22)25-17/h1-4,6,11,16H,5,7-8H2,(H2,22,25)(H,24,26)/t11?,17-/m0/s1. The third-order valence-electron chi connectivity index (χ3n) is 4.35. The van der Waals surface area contributed by atoms with Crippen LogP contribution >= 0.6 is 15.9 Å². The van der Waals surface area contributed by atoms with Crippen LogP contribution in [-0.2, 0) is 4.74 Å². The molecule has 2 heterocycles. The molecule has 1 amide bonds. The van der Waals surface area contributed by atoms with E-state index in [4.69, 9.17) is 10.5 Å². The minimum absolute atomic E-state index is 0.0822. The van der Waals surface area contributed by atoms with Crippen LogP contribution in [0.25, 0.3) is 0 Å². The largest absolute Gasteiger partial charge is 0.386 e. The Balaban J connectivity index is 1.82. The summed E-state index contributed by atoms with van der Waals surface area (Å²) >= 11 is 3.22. The first-order valence-corrected chi connectivity index (χ1v) is 8.80. The molecule has 0 radical (unpaired) electrons. The number of halogens is 4. The Labute approximate surface area is 161 Å². The lowest BCUT2D eigenvalue weighted by atomic mass is 9.78. The zero-order valence-corrected chi connectivity index (χ0v) is 15.5. The van der Waals surface area contributed by atoms with Gasteiger partial charge in [-0.3, -0.25) is 9.79 Å². The minimum Gasteiger partial charge on any atom is -0.386 e. The summed E-state index contributed by atoms with van der Waals surface area (Å²) in [5.74, 6) is -2.72. The number of amidine groups is 1. The maximum atomic E-state index is 14.4. The highest BCUT2D eigenvalue weighted by molar-refractivity contribution is 9.10. The second-order valence-electron chi connectivity index (χ2n) is 6.20. The molecule has 1 unspecified atom stereocenters. The first kappa shape index (κ1) is 19.6. The summed E-state index contributed by atoms with van der Waals surface area (Å²) < 4.78 is 47.9. The number of aromatic nitrogens is 1. The van der Waals surface area contributed by atoms with Crippen molar-refractivity contribution in [2.45, 2.75) is 18.4 Å². The van der Waals surface area contributed by atoms with E-state index in [0.29, 0.717) is 4.47 Å². The zero-order chi connectivity index (χ0) is 19.6. The first-order valence-electron chi connectivity index (χ1n) is 8.01. The molecule has 0 bridgehead atoms. The van der Waals surface area contributed by atoms with E-state index in [1.54, 1.807) is 6.07 Å². The maximum absolute atomic E-state index is 14.4. The predicted molar refractivity (Wildman–Crippen MR) is 96.0 cm³/mol. The van der Waals surface area contributed by atoms with Crippen LogP contribution < -0.4 is 11.1 Å². The van der Waals surface area contributed by atoms with Crippen molar-refractivity contribution in [2.75, 3.05) is 13.2 Å². The molecule has 6 nitrogen and oxygen atoms in total. The maximum Gasteiger partial charge on any atom is 0.273 e. The van der Waals surface area contributed by atoms with Gasteiger partial charge in [-0.2, -0.15) is 0 Å². The van der Waals surface area contributed by atoms with Crippen LogP contribution in [0.15, 0.2) is 51.5 Å². The van der Waals surface area contributed by atoms with E-state index >= 15 is 0 Å². The molecule has 2 aliphatic rings. The van der Waals surface area contributed by atoms with E-state index in [1.807, 2.05) is 0 Å². The summed E-state index contributed by atoms with van der Waals surface area (Å²) in [6.45, 7) is -0.548. The number of aliphatic imine (C=N–C) groups is 1. The molecule has 1 aliphatic heterocycles. The van der Waals surface area contributed by atoms with Crippen molar-refractivity contribution in [3.63, 3.8) is 0 Å². The second kappa shape index (κ2) is 7.81. The number of nitrogens with one attached hydrogen (secondary N) is 1. The van der Waals surface area contributed by atoms with Crippen LogP contribution in [-0.4, -0.2) is 41.9 Å². The van der Waals surface area contributed by atoms with Gasteiger partial charge in [-0.1, -0.05) is 0 Å². The predicted octanol–water partition coefficient (Wildman–Crippen LogP) is 2.72. The van der Waals surface area contributed by atoms with Gasteiger partial charge in [0.05, 0.1) is 6.61 Å². The summed E-state index contributed by atoms with van der Waals surface area (Å²) in [6, 6.07) is 3.14. The molecule has 10 heteroatoms. The van der Waals surface area contributed by atoms with E-state index < -0.39 is 36.2 Å². The lowest BCUT2D eigenvalue weighted by Gasteiger charge is -2.39. The second-order valence-corrected chi connectivity index (χ2v) is 7.12. The summed E-state index contributed by atoms with van der Waals surface area (Å²) in [7, 11) is 0. The van der Waals surface area contributed by atoms with E-state index in [-0.39, 0.29) is 30.3 Å². The van der Waals surface area contributed by atoms with E-state index in [0.717, 1.165) is 6.08 Å². The average molecular weight is 445 g/mol. The smallest absolute Gasteiger partial charge is 0.273 e. The van der Waals surface area contributed by atoms with Gasteiger partial charge in [0, 0.05) is 22.3 Å². The Bertz CT molecular complexity index is 826. The van der Waals surface area contributed by atoms with Gasteiger partial charge in [0.2, 0.25) is 0 Å². The number of carbonyl (C=O) groups is 1. The number of alkyl halides is 2. The third kappa shape index (κ3) is 4.06. The summed E-state index contributed by atoms with van der Waals surface area (Å²) in [6.07, 6.45) is 0.648. The molecule has 3 rings (SSSR count). The molecule has 3 N–H and O–H groups in total. The molecular formula is C17H16BrF3N4O2. The molecule has 0 fully saturated rings. The molecule has 1 aromatic heterocycles. The normalized spacial score (nSPS) is 25.5. The first-order chi connectivity index (χ1) is 12.8. The van der Waals surface area contributed by atoms with Gasteiger partial charge in [0.15, 0.2) is 5.54 Å². The van der Waals surface area contributed by atoms with Crippen molar-refractivity contribution in [3.8, 4) is 0 Å². The Hall–Kier alpha value is -2.20. The number of ether oxygens (including phenoxy) is 1. The molecule has 27 heavy (non-hydrogen) atoms.